The second kappa shape index (κ2) is 9.19. The Hall–Kier alpha value is -3.45. The van der Waals surface area contributed by atoms with Crippen molar-refractivity contribution in [3.8, 4) is 0 Å². The van der Waals surface area contributed by atoms with Crippen LogP contribution in [0.1, 0.15) is 49.2 Å². The number of amides is 1. The molecule has 3 aromatic carbocycles. The number of nitrogens with one attached hydrogen (secondary N) is 1. The summed E-state index contributed by atoms with van der Waals surface area (Å²) in [5.41, 5.74) is 3.05. The first kappa shape index (κ1) is 21.4. The molecule has 5 rings (SSSR count). The summed E-state index contributed by atoms with van der Waals surface area (Å²) in [5, 5.41) is 16.6. The molecule has 166 valence electrons. The molecule has 4 aromatic rings. The number of thioether (sulfide) groups is 1. The summed E-state index contributed by atoms with van der Waals surface area (Å²) in [7, 11) is 0. The molecule has 6 nitrogen and oxygen atoms in total. The molecular formula is C26H25N5OS. The highest BCUT2D eigenvalue weighted by Gasteiger charge is 2.33. The van der Waals surface area contributed by atoms with Crippen LogP contribution in [-0.2, 0) is 4.79 Å². The average molecular weight is 456 g/mol. The lowest BCUT2D eigenvalue weighted by atomic mass is 9.97. The van der Waals surface area contributed by atoms with Gasteiger partial charge in [-0.3, -0.25) is 9.89 Å². The Labute approximate surface area is 197 Å². The van der Waals surface area contributed by atoms with Gasteiger partial charge in [0.15, 0.2) is 0 Å². The molecule has 1 aliphatic rings. The molecule has 0 bridgehead atoms. The van der Waals surface area contributed by atoms with E-state index in [0.29, 0.717) is 11.6 Å². The fourth-order valence-corrected chi connectivity index (χ4v) is 4.65. The number of H-pyrrole nitrogens is 1. The first-order valence-corrected chi connectivity index (χ1v) is 12.1. The molecule has 2 heterocycles. The third-order valence-electron chi connectivity index (χ3n) is 5.79. The second-order valence-corrected chi connectivity index (χ2v) is 9.37. The molecule has 7 heteroatoms. The van der Waals surface area contributed by atoms with Gasteiger partial charge in [0, 0.05) is 12.3 Å². The fraction of sp³-hybridized carbons (Fsp3) is 0.231. The van der Waals surface area contributed by atoms with Crippen LogP contribution >= 0.6 is 11.8 Å². The van der Waals surface area contributed by atoms with Crippen molar-refractivity contribution in [2.24, 2.45) is 5.10 Å². The van der Waals surface area contributed by atoms with E-state index in [1.165, 1.54) is 22.5 Å². The molecule has 1 unspecified atom stereocenters. The van der Waals surface area contributed by atoms with Gasteiger partial charge in [-0.05, 0) is 28.0 Å². The first-order valence-electron chi connectivity index (χ1n) is 11.1. The van der Waals surface area contributed by atoms with Crippen LogP contribution in [0, 0.1) is 0 Å². The third kappa shape index (κ3) is 4.54. The predicted molar refractivity (Wildman–Crippen MR) is 132 cm³/mol. The molecule has 0 saturated heterocycles. The number of aromatic amines is 1. The summed E-state index contributed by atoms with van der Waals surface area (Å²) in [6.07, 6.45) is 0.677. The Kier molecular flexibility index (Phi) is 5.96. The molecule has 0 aliphatic carbocycles. The normalized spacial score (nSPS) is 15.9. The zero-order valence-corrected chi connectivity index (χ0v) is 19.4. The van der Waals surface area contributed by atoms with Crippen molar-refractivity contribution in [3.05, 3.63) is 89.7 Å². The number of rotatable bonds is 6. The number of hydrogen-bond acceptors (Lipinski definition) is 5. The number of benzene rings is 3. The Bertz CT molecular complexity index is 1310. The Morgan fingerprint density at radius 1 is 1.06 bits per heavy atom. The van der Waals surface area contributed by atoms with Crippen LogP contribution in [0.4, 0.5) is 0 Å². The number of carbonyl (C=O) groups excluding carboxylic acids is 1. The van der Waals surface area contributed by atoms with E-state index in [2.05, 4.69) is 71.5 Å². The minimum Gasteiger partial charge on any atom is -0.272 e. The van der Waals surface area contributed by atoms with Gasteiger partial charge in [0.1, 0.15) is 5.82 Å². The van der Waals surface area contributed by atoms with Crippen LogP contribution in [0.2, 0.25) is 0 Å². The average Bonchev–Trinajstić information content (AvgIpc) is 3.51. The molecule has 1 atom stereocenters. The van der Waals surface area contributed by atoms with Gasteiger partial charge in [0.25, 0.3) is 5.91 Å². The number of fused-ring (bicyclic) bond motifs is 1. The van der Waals surface area contributed by atoms with Gasteiger partial charge < -0.3 is 0 Å². The monoisotopic (exact) mass is 455 g/mol. The van der Waals surface area contributed by atoms with E-state index in [-0.39, 0.29) is 23.6 Å². The molecule has 0 saturated carbocycles. The highest BCUT2D eigenvalue weighted by atomic mass is 32.2. The summed E-state index contributed by atoms with van der Waals surface area (Å²) >= 11 is 1.34. The van der Waals surface area contributed by atoms with Gasteiger partial charge >= 0.3 is 0 Å². The zero-order valence-electron chi connectivity index (χ0n) is 18.6. The largest absolute Gasteiger partial charge is 0.272 e. The first-order chi connectivity index (χ1) is 16.1. The molecule has 0 spiro atoms. The molecule has 1 N–H and O–H groups in total. The van der Waals surface area contributed by atoms with Gasteiger partial charge in [-0.25, -0.2) is 9.99 Å². The molecule has 0 fully saturated rings. The number of aromatic nitrogens is 3. The highest BCUT2D eigenvalue weighted by molar-refractivity contribution is 7.99. The van der Waals surface area contributed by atoms with E-state index in [1.807, 2.05) is 30.3 Å². The van der Waals surface area contributed by atoms with Crippen molar-refractivity contribution in [2.75, 3.05) is 5.75 Å². The van der Waals surface area contributed by atoms with Gasteiger partial charge in [-0.1, -0.05) is 92.3 Å². The number of nitrogens with zero attached hydrogens (tertiary/aromatic N) is 4. The molecule has 1 aliphatic heterocycles. The Morgan fingerprint density at radius 2 is 1.82 bits per heavy atom. The summed E-state index contributed by atoms with van der Waals surface area (Å²) in [5.74, 6) is 1.26. The van der Waals surface area contributed by atoms with E-state index < -0.39 is 0 Å². The van der Waals surface area contributed by atoms with Crippen LogP contribution < -0.4 is 0 Å². The lowest BCUT2D eigenvalue weighted by molar-refractivity contribution is -0.130. The summed E-state index contributed by atoms with van der Waals surface area (Å²) in [4.78, 5) is 17.7. The van der Waals surface area contributed by atoms with Crippen molar-refractivity contribution in [3.63, 3.8) is 0 Å². The minimum absolute atomic E-state index is 0.0551. The van der Waals surface area contributed by atoms with Crippen LogP contribution in [0.25, 0.3) is 10.8 Å². The summed E-state index contributed by atoms with van der Waals surface area (Å²) < 4.78 is 0. The molecule has 1 aromatic heterocycles. The Morgan fingerprint density at radius 3 is 2.58 bits per heavy atom. The second-order valence-electron chi connectivity index (χ2n) is 8.42. The van der Waals surface area contributed by atoms with E-state index in [1.54, 1.807) is 5.01 Å². The van der Waals surface area contributed by atoms with Gasteiger partial charge in [-0.15, -0.1) is 5.10 Å². The maximum Gasteiger partial charge on any atom is 0.253 e. The number of hydrogen-bond donors (Lipinski definition) is 1. The van der Waals surface area contributed by atoms with Crippen molar-refractivity contribution < 1.29 is 4.79 Å². The zero-order chi connectivity index (χ0) is 22.8. The topological polar surface area (TPSA) is 74.2 Å². The fourth-order valence-electron chi connectivity index (χ4n) is 3.99. The standard InChI is InChI=1S/C26H25N5OS/c1-17(2)25-27-26(29-28-25)33-16-24(32)31-23(19-9-4-3-5-10-19)15-22(30-31)21-13-12-18-8-6-7-11-20(18)14-21/h3-14,17,23H,15-16H2,1-2H3,(H,27,28,29). The highest BCUT2D eigenvalue weighted by Crippen LogP contribution is 2.34. The van der Waals surface area contributed by atoms with Gasteiger partial charge in [0.05, 0.1) is 17.5 Å². The van der Waals surface area contributed by atoms with Crippen LogP contribution in [-0.4, -0.2) is 37.6 Å². The quantitative estimate of drug-likeness (QED) is 0.387. The number of hydrazone groups is 1. The Balaban J connectivity index is 1.40. The molecule has 1 amide bonds. The van der Waals surface area contributed by atoms with Crippen LogP contribution in [0.3, 0.4) is 0 Å². The minimum atomic E-state index is -0.126. The maximum atomic E-state index is 13.3. The summed E-state index contributed by atoms with van der Waals surface area (Å²) in [6, 6.07) is 24.6. The van der Waals surface area contributed by atoms with E-state index >= 15 is 0 Å². The van der Waals surface area contributed by atoms with E-state index in [4.69, 9.17) is 5.10 Å². The van der Waals surface area contributed by atoms with Crippen molar-refractivity contribution in [1.82, 2.24) is 20.2 Å². The molecular weight excluding hydrogens is 430 g/mol. The lowest BCUT2D eigenvalue weighted by Crippen LogP contribution is -2.28. The van der Waals surface area contributed by atoms with E-state index in [0.717, 1.165) is 22.7 Å². The van der Waals surface area contributed by atoms with Crippen molar-refractivity contribution in [2.45, 2.75) is 37.4 Å². The van der Waals surface area contributed by atoms with Crippen LogP contribution in [0.15, 0.2) is 83.1 Å². The SMILES string of the molecule is CC(C)c1nc(SCC(=O)N2N=C(c3ccc4ccccc4c3)CC2c2ccccc2)n[nH]1. The van der Waals surface area contributed by atoms with E-state index in [9.17, 15) is 4.79 Å². The van der Waals surface area contributed by atoms with Gasteiger partial charge in [0.2, 0.25) is 5.16 Å². The number of carbonyl (C=O) groups is 1. The smallest absolute Gasteiger partial charge is 0.253 e. The summed E-state index contributed by atoms with van der Waals surface area (Å²) in [6.45, 7) is 4.11. The molecule has 33 heavy (non-hydrogen) atoms. The lowest BCUT2D eigenvalue weighted by Gasteiger charge is -2.21. The van der Waals surface area contributed by atoms with Crippen LogP contribution in [0.5, 0.6) is 0 Å². The van der Waals surface area contributed by atoms with Gasteiger partial charge in [-0.2, -0.15) is 5.10 Å². The molecule has 0 radical (unpaired) electrons. The maximum absolute atomic E-state index is 13.3. The van der Waals surface area contributed by atoms with Crippen molar-refractivity contribution >= 4 is 34.2 Å². The third-order valence-corrected chi connectivity index (χ3v) is 6.62. The van der Waals surface area contributed by atoms with Crippen molar-refractivity contribution in [1.29, 1.82) is 0 Å². The predicted octanol–water partition coefficient (Wildman–Crippen LogP) is 5.55.